The molecule has 8 heteroatoms. The molecule has 0 saturated carbocycles. The predicted molar refractivity (Wildman–Crippen MR) is 80.3 cm³/mol. The lowest BCUT2D eigenvalue weighted by atomic mass is 10.1. The highest BCUT2D eigenvalue weighted by atomic mass is 32.2. The lowest BCUT2D eigenvalue weighted by Gasteiger charge is -2.14. The standard InChI is InChI=1S/C14H11NO5S2/c16-11(17)5-6-15-12(18)10(22-14(15)21)7-8-3-1-2-4-9(8)13(19)20/h1-4,7H,5-6H2,(H,16,17)(H,19,20)/p-2/b10-7-. The molecule has 0 N–H and O–H groups in total. The molecule has 22 heavy (non-hydrogen) atoms. The van der Waals surface area contributed by atoms with Gasteiger partial charge in [-0.25, -0.2) is 0 Å². The lowest BCUT2D eigenvalue weighted by molar-refractivity contribution is -0.305. The molecule has 0 radical (unpaired) electrons. The van der Waals surface area contributed by atoms with Crippen molar-refractivity contribution in [1.82, 2.24) is 4.90 Å². The number of amides is 1. The molecule has 2 rings (SSSR count). The van der Waals surface area contributed by atoms with Crippen LogP contribution in [0.3, 0.4) is 0 Å². The summed E-state index contributed by atoms with van der Waals surface area (Å²) < 4.78 is 0.225. The summed E-state index contributed by atoms with van der Waals surface area (Å²) in [4.78, 5) is 35.1. The summed E-state index contributed by atoms with van der Waals surface area (Å²) >= 11 is 6.02. The second kappa shape index (κ2) is 6.71. The van der Waals surface area contributed by atoms with Gasteiger partial charge in [0, 0.05) is 24.5 Å². The van der Waals surface area contributed by atoms with Gasteiger partial charge in [-0.15, -0.1) is 0 Å². The molecule has 1 aliphatic rings. The molecule has 0 unspecified atom stereocenters. The van der Waals surface area contributed by atoms with E-state index in [4.69, 9.17) is 12.2 Å². The Labute approximate surface area is 135 Å². The monoisotopic (exact) mass is 335 g/mol. The molecule has 0 atom stereocenters. The number of nitrogens with zero attached hydrogens (tertiary/aromatic N) is 1. The first kappa shape index (κ1) is 16.2. The maximum atomic E-state index is 12.2. The molecule has 0 spiro atoms. The van der Waals surface area contributed by atoms with Crippen LogP contribution in [0, 0.1) is 0 Å². The summed E-state index contributed by atoms with van der Waals surface area (Å²) in [7, 11) is 0. The zero-order chi connectivity index (χ0) is 16.3. The van der Waals surface area contributed by atoms with Crippen LogP contribution in [0.4, 0.5) is 0 Å². The van der Waals surface area contributed by atoms with Crippen molar-refractivity contribution < 1.29 is 24.6 Å². The van der Waals surface area contributed by atoms with E-state index in [-0.39, 0.29) is 27.8 Å². The minimum absolute atomic E-state index is 0.0393. The van der Waals surface area contributed by atoms with Crippen molar-refractivity contribution in [2.45, 2.75) is 6.42 Å². The highest BCUT2D eigenvalue weighted by molar-refractivity contribution is 8.26. The fourth-order valence-electron chi connectivity index (χ4n) is 1.85. The molecular formula is C14H9NO5S2-2. The van der Waals surface area contributed by atoms with E-state index < -0.39 is 17.8 Å². The van der Waals surface area contributed by atoms with Crippen LogP contribution in [-0.2, 0) is 9.59 Å². The zero-order valence-corrected chi connectivity index (χ0v) is 12.7. The quantitative estimate of drug-likeness (QED) is 0.523. The molecule has 1 amide bonds. The van der Waals surface area contributed by atoms with E-state index >= 15 is 0 Å². The van der Waals surface area contributed by atoms with Crippen LogP contribution < -0.4 is 10.2 Å². The highest BCUT2D eigenvalue weighted by Crippen LogP contribution is 2.33. The molecule has 114 valence electrons. The molecule has 6 nitrogen and oxygen atoms in total. The van der Waals surface area contributed by atoms with E-state index in [1.54, 1.807) is 18.2 Å². The molecule has 1 heterocycles. The van der Waals surface area contributed by atoms with E-state index in [9.17, 15) is 24.6 Å². The number of thioether (sulfide) groups is 1. The first-order valence-corrected chi connectivity index (χ1v) is 7.38. The van der Waals surface area contributed by atoms with Gasteiger partial charge < -0.3 is 19.8 Å². The number of carbonyl (C=O) groups excluding carboxylic acids is 3. The third-order valence-corrected chi connectivity index (χ3v) is 4.26. The fourth-order valence-corrected chi connectivity index (χ4v) is 3.15. The Bertz CT molecular complexity index is 698. The Morgan fingerprint density at radius 3 is 2.59 bits per heavy atom. The summed E-state index contributed by atoms with van der Waals surface area (Å²) in [5, 5.41) is 21.5. The van der Waals surface area contributed by atoms with Crippen LogP contribution in [0.2, 0.25) is 0 Å². The van der Waals surface area contributed by atoms with E-state index in [1.807, 2.05) is 0 Å². The molecule has 1 fully saturated rings. The van der Waals surface area contributed by atoms with Crippen LogP contribution in [0.1, 0.15) is 22.3 Å². The highest BCUT2D eigenvalue weighted by Gasteiger charge is 2.31. The molecule has 1 aromatic rings. The van der Waals surface area contributed by atoms with Crippen molar-refractivity contribution in [2.24, 2.45) is 0 Å². The topological polar surface area (TPSA) is 101 Å². The first-order valence-electron chi connectivity index (χ1n) is 6.15. The van der Waals surface area contributed by atoms with Crippen molar-refractivity contribution in [1.29, 1.82) is 0 Å². The van der Waals surface area contributed by atoms with E-state index in [1.165, 1.54) is 12.1 Å². The number of carboxylic acids is 2. The first-order chi connectivity index (χ1) is 10.4. The lowest BCUT2D eigenvalue weighted by Crippen LogP contribution is -2.33. The van der Waals surface area contributed by atoms with Gasteiger partial charge >= 0.3 is 0 Å². The second-order valence-electron chi connectivity index (χ2n) is 4.33. The Kier molecular flexibility index (Phi) is 4.94. The number of thiocarbonyl (C=S) groups is 1. The Hall–Kier alpha value is -2.19. The summed E-state index contributed by atoms with van der Waals surface area (Å²) in [5.74, 6) is -3.08. The zero-order valence-electron chi connectivity index (χ0n) is 11.1. The largest absolute Gasteiger partial charge is 0.550 e. The summed E-state index contributed by atoms with van der Waals surface area (Å²) in [5.41, 5.74) is 0.283. The number of aliphatic carboxylic acids is 1. The third kappa shape index (κ3) is 3.52. The van der Waals surface area contributed by atoms with Crippen molar-refractivity contribution in [2.75, 3.05) is 6.54 Å². The van der Waals surface area contributed by atoms with Gasteiger partial charge in [0.2, 0.25) is 0 Å². The summed E-state index contributed by atoms with van der Waals surface area (Å²) in [6, 6.07) is 6.10. The maximum Gasteiger partial charge on any atom is 0.266 e. The van der Waals surface area contributed by atoms with Gasteiger partial charge in [-0.05, 0) is 11.6 Å². The van der Waals surface area contributed by atoms with Crippen molar-refractivity contribution in [3.63, 3.8) is 0 Å². The summed E-state index contributed by atoms with van der Waals surface area (Å²) in [6.45, 7) is -0.0769. The van der Waals surface area contributed by atoms with Gasteiger partial charge in [-0.2, -0.15) is 0 Å². The van der Waals surface area contributed by atoms with Gasteiger partial charge in [0.1, 0.15) is 4.32 Å². The summed E-state index contributed by atoms with van der Waals surface area (Å²) in [6.07, 6.45) is 1.08. The van der Waals surface area contributed by atoms with Crippen molar-refractivity contribution in [3.8, 4) is 0 Å². The van der Waals surface area contributed by atoms with E-state index in [2.05, 4.69) is 0 Å². The maximum absolute atomic E-state index is 12.2. The SMILES string of the molecule is O=C([O-])CCN1C(=O)/C(=C/c2ccccc2C(=O)[O-])SC1=S. The van der Waals surface area contributed by atoms with Gasteiger partial charge in [-0.3, -0.25) is 9.69 Å². The average Bonchev–Trinajstić information content (AvgIpc) is 2.71. The molecule has 0 bridgehead atoms. The second-order valence-corrected chi connectivity index (χ2v) is 6.01. The molecule has 1 saturated heterocycles. The van der Waals surface area contributed by atoms with Gasteiger partial charge in [0.15, 0.2) is 0 Å². The number of carbonyl (C=O) groups is 3. The molecule has 0 aliphatic carbocycles. The number of rotatable bonds is 5. The van der Waals surface area contributed by atoms with Crippen LogP contribution in [0.25, 0.3) is 6.08 Å². The fraction of sp³-hybridized carbons (Fsp3) is 0.143. The minimum Gasteiger partial charge on any atom is -0.550 e. The van der Waals surface area contributed by atoms with Crippen LogP contribution >= 0.6 is 24.0 Å². The molecule has 1 aromatic carbocycles. The smallest absolute Gasteiger partial charge is 0.266 e. The number of carboxylic acid groups (broad SMARTS) is 2. The number of hydrogen-bond acceptors (Lipinski definition) is 7. The van der Waals surface area contributed by atoms with Gasteiger partial charge in [-0.1, -0.05) is 48.2 Å². The third-order valence-electron chi connectivity index (χ3n) is 2.88. The number of benzene rings is 1. The van der Waals surface area contributed by atoms with E-state index in [0.717, 1.165) is 16.7 Å². The van der Waals surface area contributed by atoms with Gasteiger partial charge in [0.25, 0.3) is 5.91 Å². The Morgan fingerprint density at radius 1 is 1.27 bits per heavy atom. The van der Waals surface area contributed by atoms with Crippen LogP contribution in [0.15, 0.2) is 29.2 Å². The van der Waals surface area contributed by atoms with Crippen molar-refractivity contribution in [3.05, 3.63) is 40.3 Å². The predicted octanol–water partition coefficient (Wildman–Crippen LogP) is -0.609. The number of aromatic carboxylic acids is 1. The van der Waals surface area contributed by atoms with Crippen LogP contribution in [0.5, 0.6) is 0 Å². The van der Waals surface area contributed by atoms with Gasteiger partial charge in [0.05, 0.1) is 10.9 Å². The molecule has 1 aliphatic heterocycles. The molecular weight excluding hydrogens is 326 g/mol. The average molecular weight is 335 g/mol. The normalized spacial score (nSPS) is 16.4. The van der Waals surface area contributed by atoms with Crippen LogP contribution in [-0.4, -0.2) is 33.6 Å². The van der Waals surface area contributed by atoms with Crippen molar-refractivity contribution >= 4 is 52.2 Å². The number of hydrogen-bond donors (Lipinski definition) is 0. The Morgan fingerprint density at radius 2 is 1.95 bits per heavy atom. The Balaban J connectivity index is 2.27. The van der Waals surface area contributed by atoms with E-state index in [0.29, 0.717) is 5.56 Å². The minimum atomic E-state index is -1.35. The molecule has 0 aromatic heterocycles.